The van der Waals surface area contributed by atoms with Crippen molar-refractivity contribution in [1.29, 1.82) is 0 Å². The third-order valence-corrected chi connectivity index (χ3v) is 5.94. The van der Waals surface area contributed by atoms with E-state index in [1.54, 1.807) is 13.0 Å². The van der Waals surface area contributed by atoms with Crippen LogP contribution in [0.5, 0.6) is 0 Å². The number of unbranched alkanes of at least 4 members (excludes halogenated alkanes) is 1. The molecule has 1 saturated heterocycles. The van der Waals surface area contributed by atoms with E-state index in [2.05, 4.69) is 17.2 Å². The van der Waals surface area contributed by atoms with E-state index in [1.165, 1.54) is 17.4 Å². The molecule has 0 atom stereocenters. The highest BCUT2D eigenvalue weighted by Crippen LogP contribution is 2.38. The second kappa shape index (κ2) is 9.13. The van der Waals surface area contributed by atoms with Gasteiger partial charge in [-0.1, -0.05) is 13.3 Å². The molecule has 0 unspecified atom stereocenters. The molecule has 158 valence electrons. The quantitative estimate of drug-likeness (QED) is 0.712. The summed E-state index contributed by atoms with van der Waals surface area (Å²) in [5.41, 5.74) is -0.0998. The topological polar surface area (TPSA) is 54.5 Å². The molecular weight excluding hydrogens is 403 g/mol. The Bertz CT molecular complexity index is 861. The van der Waals surface area contributed by atoms with Crippen molar-refractivity contribution in [2.75, 3.05) is 36.5 Å². The zero-order chi connectivity index (χ0) is 21.0. The van der Waals surface area contributed by atoms with Crippen LogP contribution < -0.4 is 10.2 Å². The van der Waals surface area contributed by atoms with Gasteiger partial charge in [-0.25, -0.2) is 4.98 Å². The van der Waals surface area contributed by atoms with Gasteiger partial charge < -0.3 is 15.0 Å². The molecule has 0 spiro atoms. The van der Waals surface area contributed by atoms with Gasteiger partial charge >= 0.3 is 6.18 Å². The van der Waals surface area contributed by atoms with Crippen molar-refractivity contribution in [3.05, 3.63) is 39.3 Å². The summed E-state index contributed by atoms with van der Waals surface area (Å²) in [6.07, 6.45) is -1.86. The molecule has 2 heterocycles. The molecule has 0 radical (unpaired) electrons. The Morgan fingerprint density at radius 1 is 1.31 bits per heavy atom. The van der Waals surface area contributed by atoms with Crippen molar-refractivity contribution >= 4 is 28.6 Å². The summed E-state index contributed by atoms with van der Waals surface area (Å²) >= 11 is 1.24. The molecule has 5 nitrogen and oxygen atoms in total. The monoisotopic (exact) mass is 427 g/mol. The van der Waals surface area contributed by atoms with Gasteiger partial charge in [-0.3, -0.25) is 4.79 Å². The van der Waals surface area contributed by atoms with Gasteiger partial charge in [0.05, 0.1) is 35.2 Å². The molecule has 29 heavy (non-hydrogen) atoms. The third kappa shape index (κ3) is 5.27. The van der Waals surface area contributed by atoms with E-state index in [0.717, 1.165) is 30.3 Å². The average Bonchev–Trinajstić information content (AvgIpc) is 3.07. The van der Waals surface area contributed by atoms with Gasteiger partial charge in [0.2, 0.25) is 0 Å². The number of rotatable bonds is 6. The van der Waals surface area contributed by atoms with E-state index in [1.807, 2.05) is 4.90 Å². The molecule has 0 saturated carbocycles. The first-order valence-electron chi connectivity index (χ1n) is 9.61. The maximum absolute atomic E-state index is 13.7. The lowest BCUT2D eigenvalue weighted by Gasteiger charge is -2.29. The Balaban J connectivity index is 1.84. The van der Waals surface area contributed by atoms with E-state index in [9.17, 15) is 18.0 Å². The van der Waals surface area contributed by atoms with Crippen LogP contribution in [0.4, 0.5) is 24.5 Å². The summed E-state index contributed by atoms with van der Waals surface area (Å²) in [5, 5.41) is 3.27. The minimum Gasteiger partial charge on any atom is -0.378 e. The van der Waals surface area contributed by atoms with Crippen molar-refractivity contribution in [2.45, 2.75) is 39.3 Å². The van der Waals surface area contributed by atoms with Gasteiger partial charge in [0.25, 0.3) is 5.91 Å². The summed E-state index contributed by atoms with van der Waals surface area (Å²) < 4.78 is 46.3. The van der Waals surface area contributed by atoms with Crippen LogP contribution in [0.15, 0.2) is 18.2 Å². The summed E-state index contributed by atoms with van der Waals surface area (Å²) in [6.45, 7) is 5.78. The predicted octanol–water partition coefficient (Wildman–Crippen LogP) is 4.90. The number of ether oxygens (including phenoxy) is 1. The summed E-state index contributed by atoms with van der Waals surface area (Å²) in [5.74, 6) is -0.563. The Hall–Kier alpha value is -2.13. The van der Waals surface area contributed by atoms with Crippen LogP contribution in [0.25, 0.3) is 0 Å². The minimum atomic E-state index is -4.58. The van der Waals surface area contributed by atoms with E-state index >= 15 is 0 Å². The van der Waals surface area contributed by atoms with Gasteiger partial charge in [-0.05, 0) is 38.0 Å². The van der Waals surface area contributed by atoms with Gasteiger partial charge in [0, 0.05) is 18.8 Å². The lowest BCUT2D eigenvalue weighted by atomic mass is 10.1. The number of alkyl halides is 3. The highest BCUT2D eigenvalue weighted by Gasteiger charge is 2.35. The molecule has 2 aromatic rings. The van der Waals surface area contributed by atoms with Crippen LogP contribution in [-0.4, -0.2) is 37.2 Å². The number of morpholine rings is 1. The van der Waals surface area contributed by atoms with Crippen LogP contribution in [0, 0.1) is 6.92 Å². The minimum absolute atomic E-state index is 0.248. The molecule has 9 heteroatoms. The SMILES string of the molecule is CCCCc1nc(C)c(C(=O)Nc2ccc(N3CCOCC3)cc2C(F)(F)F)s1. The first-order chi connectivity index (χ1) is 13.8. The molecule has 1 aromatic heterocycles. The van der Waals surface area contributed by atoms with Gasteiger partial charge in [-0.2, -0.15) is 13.2 Å². The highest BCUT2D eigenvalue weighted by atomic mass is 32.1. The number of thiazole rings is 1. The van der Waals surface area contributed by atoms with E-state index in [4.69, 9.17) is 4.74 Å². The molecule has 1 amide bonds. The number of amides is 1. The summed E-state index contributed by atoms with van der Waals surface area (Å²) in [6, 6.07) is 4.01. The first kappa shape index (κ1) is 21.6. The fraction of sp³-hybridized carbons (Fsp3) is 0.500. The molecule has 3 rings (SSSR count). The molecular formula is C20H24F3N3O2S. The van der Waals surface area contributed by atoms with Crippen molar-refractivity contribution in [3.8, 4) is 0 Å². The number of nitrogens with zero attached hydrogens (tertiary/aromatic N) is 2. The maximum Gasteiger partial charge on any atom is 0.418 e. The van der Waals surface area contributed by atoms with Crippen LogP contribution in [0.3, 0.4) is 0 Å². The fourth-order valence-electron chi connectivity index (χ4n) is 3.17. The third-order valence-electron chi connectivity index (χ3n) is 4.72. The molecule has 1 fully saturated rings. The maximum atomic E-state index is 13.7. The summed E-state index contributed by atoms with van der Waals surface area (Å²) in [7, 11) is 0. The van der Waals surface area contributed by atoms with E-state index in [-0.39, 0.29) is 5.69 Å². The smallest absolute Gasteiger partial charge is 0.378 e. The number of hydrogen-bond donors (Lipinski definition) is 1. The normalized spacial score (nSPS) is 14.9. The number of anilines is 2. The Kier molecular flexibility index (Phi) is 6.79. The van der Waals surface area contributed by atoms with E-state index < -0.39 is 17.6 Å². The van der Waals surface area contributed by atoms with Gasteiger partial charge in [-0.15, -0.1) is 11.3 Å². The van der Waals surface area contributed by atoms with E-state index in [0.29, 0.717) is 42.6 Å². The molecule has 1 aromatic carbocycles. The average molecular weight is 427 g/mol. The number of carbonyl (C=O) groups is 1. The number of benzene rings is 1. The Labute approximate surface area is 171 Å². The number of hydrogen-bond acceptors (Lipinski definition) is 5. The van der Waals surface area contributed by atoms with Crippen molar-refractivity contribution in [2.24, 2.45) is 0 Å². The van der Waals surface area contributed by atoms with Crippen LogP contribution in [0.1, 0.15) is 45.7 Å². The molecule has 0 aliphatic carbocycles. The molecule has 1 aliphatic heterocycles. The van der Waals surface area contributed by atoms with Gasteiger partial charge in [0.1, 0.15) is 4.88 Å². The number of carbonyl (C=O) groups excluding carboxylic acids is 1. The van der Waals surface area contributed by atoms with Crippen LogP contribution in [0.2, 0.25) is 0 Å². The lowest BCUT2D eigenvalue weighted by Crippen LogP contribution is -2.36. The van der Waals surface area contributed by atoms with Gasteiger partial charge in [0.15, 0.2) is 0 Å². The number of nitrogens with one attached hydrogen (secondary N) is 1. The lowest BCUT2D eigenvalue weighted by molar-refractivity contribution is -0.136. The number of aromatic nitrogens is 1. The highest BCUT2D eigenvalue weighted by molar-refractivity contribution is 7.13. The largest absolute Gasteiger partial charge is 0.418 e. The zero-order valence-corrected chi connectivity index (χ0v) is 17.3. The Morgan fingerprint density at radius 2 is 2.03 bits per heavy atom. The second-order valence-corrected chi connectivity index (χ2v) is 7.99. The zero-order valence-electron chi connectivity index (χ0n) is 16.4. The first-order valence-corrected chi connectivity index (χ1v) is 10.4. The molecule has 0 bridgehead atoms. The van der Waals surface area contributed by atoms with Crippen LogP contribution >= 0.6 is 11.3 Å². The number of halogens is 3. The Morgan fingerprint density at radius 3 is 2.69 bits per heavy atom. The molecule has 1 aliphatic rings. The van der Waals surface area contributed by atoms with Crippen molar-refractivity contribution in [1.82, 2.24) is 4.98 Å². The van der Waals surface area contributed by atoms with Crippen molar-refractivity contribution in [3.63, 3.8) is 0 Å². The fourth-order valence-corrected chi connectivity index (χ4v) is 4.17. The summed E-state index contributed by atoms with van der Waals surface area (Å²) in [4.78, 5) is 19.2. The second-order valence-electron chi connectivity index (χ2n) is 6.91. The van der Waals surface area contributed by atoms with Crippen LogP contribution in [-0.2, 0) is 17.3 Å². The molecule has 1 N–H and O–H groups in total. The standard InChI is InChI=1S/C20H24F3N3O2S/c1-3-4-5-17-24-13(2)18(29-17)19(27)25-16-7-6-14(12-15(16)20(21,22)23)26-8-10-28-11-9-26/h6-7,12H,3-5,8-11H2,1-2H3,(H,25,27). The van der Waals surface area contributed by atoms with Crippen molar-refractivity contribution < 1.29 is 22.7 Å². The predicted molar refractivity (Wildman–Crippen MR) is 108 cm³/mol. The number of aryl methyl sites for hydroxylation is 2.